The summed E-state index contributed by atoms with van der Waals surface area (Å²) in [6, 6.07) is 16.3. The van der Waals surface area contributed by atoms with Crippen molar-refractivity contribution in [2.45, 2.75) is 63.8 Å². The average molecular weight is 479 g/mol. The maximum absolute atomic E-state index is 13.1. The Hall–Kier alpha value is -3.35. The van der Waals surface area contributed by atoms with E-state index in [-0.39, 0.29) is 31.4 Å². The standard InChI is InChI=1S/C28H34N2O5/c1-27(2,25(33)30-28(16-24(31)32)14-8-3-9-15-28)18-29-26(34)35-17-23-21-12-6-4-10-19(21)20-11-5-7-13-22(20)23/h4-7,10-13,23H,3,8-9,14-18H2,1-2H3,(H,29,34)(H,30,33)(H,31,32). The highest BCUT2D eigenvalue weighted by Gasteiger charge is 2.40. The van der Waals surface area contributed by atoms with Gasteiger partial charge < -0.3 is 20.5 Å². The summed E-state index contributed by atoms with van der Waals surface area (Å²) < 4.78 is 5.58. The van der Waals surface area contributed by atoms with Crippen molar-refractivity contribution >= 4 is 18.0 Å². The van der Waals surface area contributed by atoms with Gasteiger partial charge in [-0.25, -0.2) is 4.79 Å². The van der Waals surface area contributed by atoms with Gasteiger partial charge in [0.25, 0.3) is 0 Å². The van der Waals surface area contributed by atoms with Crippen molar-refractivity contribution in [3.63, 3.8) is 0 Å². The minimum absolute atomic E-state index is 0.0355. The van der Waals surface area contributed by atoms with Gasteiger partial charge in [-0.3, -0.25) is 9.59 Å². The molecular formula is C28H34N2O5. The van der Waals surface area contributed by atoms with Crippen molar-refractivity contribution in [3.05, 3.63) is 59.7 Å². The molecule has 0 bridgehead atoms. The van der Waals surface area contributed by atoms with E-state index in [4.69, 9.17) is 4.74 Å². The zero-order chi connectivity index (χ0) is 25.1. The predicted octanol–water partition coefficient (Wildman–Crippen LogP) is 4.85. The molecule has 0 atom stereocenters. The summed E-state index contributed by atoms with van der Waals surface area (Å²) >= 11 is 0. The van der Waals surface area contributed by atoms with E-state index in [1.54, 1.807) is 13.8 Å². The van der Waals surface area contributed by atoms with Crippen LogP contribution in [0.4, 0.5) is 4.79 Å². The molecule has 2 aromatic rings. The fraction of sp³-hybridized carbons (Fsp3) is 0.464. The second-order valence-electron chi connectivity index (χ2n) is 10.4. The van der Waals surface area contributed by atoms with Crippen LogP contribution in [-0.4, -0.2) is 41.8 Å². The lowest BCUT2D eigenvalue weighted by Gasteiger charge is -2.39. The SMILES string of the molecule is CC(C)(CNC(=O)OCC1c2ccccc2-c2ccccc21)C(=O)NC1(CC(=O)O)CCCCC1. The van der Waals surface area contributed by atoms with E-state index < -0.39 is 23.0 Å². The van der Waals surface area contributed by atoms with Gasteiger partial charge in [0.05, 0.1) is 17.4 Å². The van der Waals surface area contributed by atoms with Crippen molar-refractivity contribution in [2.24, 2.45) is 5.41 Å². The number of amides is 2. The number of hydrogen-bond acceptors (Lipinski definition) is 4. The second kappa shape index (κ2) is 10.1. The van der Waals surface area contributed by atoms with Gasteiger partial charge in [0.2, 0.25) is 5.91 Å². The molecule has 0 unspecified atom stereocenters. The van der Waals surface area contributed by atoms with Crippen molar-refractivity contribution in [2.75, 3.05) is 13.2 Å². The van der Waals surface area contributed by atoms with Crippen molar-refractivity contribution in [1.29, 1.82) is 0 Å². The Balaban J connectivity index is 1.33. The molecule has 0 saturated heterocycles. The Bertz CT molecular complexity index is 1060. The molecule has 2 aromatic carbocycles. The third kappa shape index (κ3) is 5.50. The van der Waals surface area contributed by atoms with Gasteiger partial charge in [0, 0.05) is 12.5 Å². The van der Waals surface area contributed by atoms with Crippen molar-refractivity contribution < 1.29 is 24.2 Å². The number of carbonyl (C=O) groups is 3. The number of aliphatic carboxylic acids is 1. The number of ether oxygens (including phenoxy) is 1. The largest absolute Gasteiger partial charge is 0.481 e. The molecule has 0 aliphatic heterocycles. The van der Waals surface area contributed by atoms with Crippen LogP contribution in [0, 0.1) is 5.41 Å². The van der Waals surface area contributed by atoms with Crippen LogP contribution >= 0.6 is 0 Å². The molecule has 1 fully saturated rings. The quantitative estimate of drug-likeness (QED) is 0.503. The predicted molar refractivity (Wildman–Crippen MR) is 133 cm³/mol. The first-order valence-electron chi connectivity index (χ1n) is 12.3. The lowest BCUT2D eigenvalue weighted by Crippen LogP contribution is -2.56. The Morgan fingerprint density at radius 2 is 1.54 bits per heavy atom. The summed E-state index contributed by atoms with van der Waals surface area (Å²) in [5, 5.41) is 15.1. The topological polar surface area (TPSA) is 105 Å². The highest BCUT2D eigenvalue weighted by atomic mass is 16.5. The summed E-state index contributed by atoms with van der Waals surface area (Å²) in [5.41, 5.74) is 2.95. The Labute approximate surface area is 206 Å². The van der Waals surface area contributed by atoms with Gasteiger partial charge in [-0.15, -0.1) is 0 Å². The molecule has 186 valence electrons. The molecule has 2 amide bonds. The molecule has 1 saturated carbocycles. The van der Waals surface area contributed by atoms with Crippen LogP contribution in [-0.2, 0) is 14.3 Å². The average Bonchev–Trinajstić information content (AvgIpc) is 3.15. The molecule has 4 rings (SSSR count). The lowest BCUT2D eigenvalue weighted by molar-refractivity contribution is -0.140. The first-order valence-corrected chi connectivity index (χ1v) is 12.3. The fourth-order valence-electron chi connectivity index (χ4n) is 5.30. The first kappa shape index (κ1) is 24.8. The first-order chi connectivity index (χ1) is 16.7. The molecule has 0 heterocycles. The maximum Gasteiger partial charge on any atom is 0.407 e. The third-order valence-electron chi connectivity index (χ3n) is 7.31. The minimum Gasteiger partial charge on any atom is -0.481 e. The Morgan fingerprint density at radius 1 is 0.971 bits per heavy atom. The molecule has 35 heavy (non-hydrogen) atoms. The van der Waals surface area contributed by atoms with Crippen LogP contribution in [0.5, 0.6) is 0 Å². The smallest absolute Gasteiger partial charge is 0.407 e. The number of benzene rings is 2. The highest BCUT2D eigenvalue weighted by Crippen LogP contribution is 2.44. The van der Waals surface area contributed by atoms with Gasteiger partial charge in [-0.2, -0.15) is 0 Å². The lowest BCUT2D eigenvalue weighted by atomic mass is 9.78. The Kier molecular flexibility index (Phi) is 7.15. The van der Waals surface area contributed by atoms with Crippen LogP contribution in [0.25, 0.3) is 11.1 Å². The van der Waals surface area contributed by atoms with E-state index in [1.807, 2.05) is 24.3 Å². The maximum atomic E-state index is 13.1. The number of hydrogen-bond donors (Lipinski definition) is 3. The third-order valence-corrected chi connectivity index (χ3v) is 7.31. The number of rotatable bonds is 8. The van der Waals surface area contributed by atoms with E-state index in [0.29, 0.717) is 12.8 Å². The Morgan fingerprint density at radius 3 is 2.11 bits per heavy atom. The van der Waals surface area contributed by atoms with E-state index in [0.717, 1.165) is 41.5 Å². The van der Waals surface area contributed by atoms with Crippen LogP contribution in [0.15, 0.2) is 48.5 Å². The molecule has 0 radical (unpaired) electrons. The van der Waals surface area contributed by atoms with E-state index in [1.165, 1.54) is 0 Å². The molecule has 2 aliphatic carbocycles. The monoisotopic (exact) mass is 478 g/mol. The van der Waals surface area contributed by atoms with E-state index in [9.17, 15) is 19.5 Å². The van der Waals surface area contributed by atoms with Crippen LogP contribution in [0.1, 0.15) is 69.4 Å². The van der Waals surface area contributed by atoms with Gasteiger partial charge >= 0.3 is 12.1 Å². The summed E-state index contributed by atoms with van der Waals surface area (Å²) in [7, 11) is 0. The highest BCUT2D eigenvalue weighted by molar-refractivity contribution is 5.84. The number of carboxylic acid groups (broad SMARTS) is 1. The number of fused-ring (bicyclic) bond motifs is 3. The zero-order valence-corrected chi connectivity index (χ0v) is 20.4. The summed E-state index contributed by atoms with van der Waals surface area (Å²) in [6.45, 7) is 3.76. The normalized spacial score (nSPS) is 16.6. The number of carboxylic acids is 1. The van der Waals surface area contributed by atoms with Gasteiger partial charge in [-0.1, -0.05) is 67.8 Å². The second-order valence-corrected chi connectivity index (χ2v) is 10.4. The van der Waals surface area contributed by atoms with Crippen LogP contribution < -0.4 is 10.6 Å². The van der Waals surface area contributed by atoms with Gasteiger partial charge in [0.15, 0.2) is 0 Å². The molecular weight excluding hydrogens is 444 g/mol. The van der Waals surface area contributed by atoms with Crippen LogP contribution in [0.3, 0.4) is 0 Å². The number of nitrogens with one attached hydrogen (secondary N) is 2. The summed E-state index contributed by atoms with van der Waals surface area (Å²) in [5.74, 6) is -1.21. The molecule has 2 aliphatic rings. The zero-order valence-electron chi connectivity index (χ0n) is 20.4. The molecule has 3 N–H and O–H groups in total. The minimum atomic E-state index is -0.922. The summed E-state index contributed by atoms with van der Waals surface area (Å²) in [6.07, 6.45) is 3.48. The van der Waals surface area contributed by atoms with Gasteiger partial charge in [0.1, 0.15) is 6.61 Å². The molecule has 0 aromatic heterocycles. The van der Waals surface area contributed by atoms with E-state index in [2.05, 4.69) is 34.9 Å². The summed E-state index contributed by atoms with van der Waals surface area (Å²) in [4.78, 5) is 37.1. The van der Waals surface area contributed by atoms with Gasteiger partial charge in [-0.05, 0) is 48.9 Å². The number of alkyl carbamates (subject to hydrolysis) is 1. The molecule has 0 spiro atoms. The molecule has 7 nitrogen and oxygen atoms in total. The van der Waals surface area contributed by atoms with E-state index >= 15 is 0 Å². The fourth-order valence-corrected chi connectivity index (χ4v) is 5.30. The van der Waals surface area contributed by atoms with Crippen LogP contribution in [0.2, 0.25) is 0 Å². The number of carbonyl (C=O) groups excluding carboxylic acids is 2. The van der Waals surface area contributed by atoms with Crippen molar-refractivity contribution in [1.82, 2.24) is 10.6 Å². The molecule has 7 heteroatoms. The van der Waals surface area contributed by atoms with Crippen molar-refractivity contribution in [3.8, 4) is 11.1 Å².